The molecule has 8 nitrogen and oxygen atoms in total. The summed E-state index contributed by atoms with van der Waals surface area (Å²) in [5, 5.41) is 8.82. The van der Waals surface area contributed by atoms with E-state index >= 15 is 0 Å². The van der Waals surface area contributed by atoms with Gasteiger partial charge < -0.3 is 14.6 Å². The molecule has 0 spiro atoms. The van der Waals surface area contributed by atoms with Crippen LogP contribution in [-0.2, 0) is 16.6 Å². The van der Waals surface area contributed by atoms with Gasteiger partial charge in [-0.1, -0.05) is 41.6 Å². The second-order valence-corrected chi connectivity index (χ2v) is 10.2. The molecule has 1 unspecified atom stereocenters. The molecule has 182 valence electrons. The van der Waals surface area contributed by atoms with Crippen LogP contribution in [0.1, 0.15) is 45.9 Å². The number of anilines is 1. The van der Waals surface area contributed by atoms with Gasteiger partial charge in [-0.3, -0.25) is 9.52 Å². The minimum atomic E-state index is -3.41. The second kappa shape index (κ2) is 9.79. The summed E-state index contributed by atoms with van der Waals surface area (Å²) in [5.74, 6) is 0.810. The summed E-state index contributed by atoms with van der Waals surface area (Å²) in [6.07, 6.45) is 1.09. The van der Waals surface area contributed by atoms with Crippen molar-refractivity contribution in [2.75, 3.05) is 11.0 Å². The van der Waals surface area contributed by atoms with Crippen molar-refractivity contribution in [2.24, 2.45) is 0 Å². The first kappa shape index (κ1) is 24.3. The Morgan fingerprint density at radius 2 is 1.77 bits per heavy atom. The molecule has 1 atom stereocenters. The van der Waals surface area contributed by atoms with Crippen molar-refractivity contribution < 1.29 is 22.5 Å². The topological polar surface area (TPSA) is 111 Å². The Balaban J connectivity index is 1.61. The van der Waals surface area contributed by atoms with E-state index in [-0.39, 0.29) is 18.6 Å². The van der Waals surface area contributed by atoms with E-state index in [2.05, 4.69) is 15.2 Å². The lowest BCUT2D eigenvalue weighted by molar-refractivity contribution is 0.0935. The number of benzene rings is 3. The summed E-state index contributed by atoms with van der Waals surface area (Å²) in [4.78, 5) is 13.4. The van der Waals surface area contributed by atoms with E-state index in [0.717, 1.165) is 33.8 Å². The maximum absolute atomic E-state index is 13.4. The minimum Gasteiger partial charge on any atom is -0.488 e. The highest BCUT2D eigenvalue weighted by Crippen LogP contribution is 2.29. The lowest BCUT2D eigenvalue weighted by Gasteiger charge is -2.18. The molecule has 0 radical (unpaired) electrons. The number of nitrogens with zero attached hydrogens (tertiary/aromatic N) is 1. The lowest BCUT2D eigenvalue weighted by Crippen LogP contribution is -2.27. The average molecular weight is 494 g/mol. The Bertz CT molecular complexity index is 1470. The molecule has 0 aliphatic carbocycles. The van der Waals surface area contributed by atoms with Crippen molar-refractivity contribution in [1.29, 1.82) is 0 Å². The van der Waals surface area contributed by atoms with E-state index in [4.69, 9.17) is 9.26 Å². The van der Waals surface area contributed by atoms with E-state index in [1.165, 1.54) is 0 Å². The molecule has 0 bridgehead atoms. The Morgan fingerprint density at radius 3 is 2.43 bits per heavy atom. The molecule has 4 rings (SSSR count). The largest absolute Gasteiger partial charge is 0.488 e. The summed E-state index contributed by atoms with van der Waals surface area (Å²) < 4.78 is 36.9. The van der Waals surface area contributed by atoms with E-state index < -0.39 is 10.0 Å². The molecule has 3 aromatic carbocycles. The van der Waals surface area contributed by atoms with Crippen molar-refractivity contribution in [3.05, 3.63) is 88.8 Å². The van der Waals surface area contributed by atoms with Gasteiger partial charge in [-0.15, -0.1) is 0 Å². The molecule has 1 amide bonds. The molecule has 9 heteroatoms. The predicted molar refractivity (Wildman–Crippen MR) is 135 cm³/mol. The molecule has 2 N–H and O–H groups in total. The van der Waals surface area contributed by atoms with Crippen LogP contribution in [0.2, 0.25) is 0 Å². The number of fused-ring (bicyclic) bond motifs is 1. The number of hydrogen-bond acceptors (Lipinski definition) is 6. The van der Waals surface area contributed by atoms with Gasteiger partial charge in [0, 0.05) is 5.69 Å². The van der Waals surface area contributed by atoms with Gasteiger partial charge in [0.05, 0.1) is 29.1 Å². The highest BCUT2D eigenvalue weighted by Gasteiger charge is 2.19. The number of aromatic nitrogens is 1. The molecular formula is C26H27N3O5S. The molecule has 1 heterocycles. The molecule has 0 saturated heterocycles. The van der Waals surface area contributed by atoms with Gasteiger partial charge in [0.15, 0.2) is 0 Å². The Kier molecular flexibility index (Phi) is 6.79. The smallest absolute Gasteiger partial charge is 0.255 e. The molecule has 35 heavy (non-hydrogen) atoms. The van der Waals surface area contributed by atoms with Crippen LogP contribution in [0.15, 0.2) is 65.2 Å². The standard InChI is InChI=1S/C26H27N3O5S/c1-16(19-10-7-11-22(12-19)29-35(4,31)32)27-26(30)23-13-20-8-5-6-9-21(20)14-25(23)33-15-24-17(2)28-34-18(24)3/h5-14,16,29H,15H2,1-4H3,(H,27,30). The van der Waals surface area contributed by atoms with Gasteiger partial charge in [0.2, 0.25) is 10.0 Å². The maximum Gasteiger partial charge on any atom is 0.255 e. The fourth-order valence-corrected chi connectivity index (χ4v) is 4.37. The number of aryl methyl sites for hydroxylation is 2. The van der Waals surface area contributed by atoms with Crippen LogP contribution < -0.4 is 14.8 Å². The Labute approximate surface area is 204 Å². The SMILES string of the molecule is Cc1noc(C)c1COc1cc2ccccc2cc1C(=O)NC(C)c1cccc(NS(C)(=O)=O)c1. The normalized spacial score (nSPS) is 12.3. The fourth-order valence-electron chi connectivity index (χ4n) is 3.82. The van der Waals surface area contributed by atoms with Crippen molar-refractivity contribution in [2.45, 2.75) is 33.4 Å². The van der Waals surface area contributed by atoms with Crippen LogP contribution in [0.25, 0.3) is 10.8 Å². The zero-order chi connectivity index (χ0) is 25.2. The number of sulfonamides is 1. The first-order valence-electron chi connectivity index (χ1n) is 11.1. The van der Waals surface area contributed by atoms with E-state index in [9.17, 15) is 13.2 Å². The molecule has 0 saturated carbocycles. The van der Waals surface area contributed by atoms with E-state index in [0.29, 0.717) is 22.8 Å². The molecule has 0 aliphatic heterocycles. The zero-order valence-electron chi connectivity index (χ0n) is 20.0. The van der Waals surface area contributed by atoms with Crippen LogP contribution >= 0.6 is 0 Å². The summed E-state index contributed by atoms with van der Waals surface area (Å²) in [6.45, 7) is 5.72. The van der Waals surface area contributed by atoms with Gasteiger partial charge in [-0.05, 0) is 61.4 Å². The third-order valence-electron chi connectivity index (χ3n) is 5.68. The van der Waals surface area contributed by atoms with Crippen LogP contribution in [0.4, 0.5) is 5.69 Å². The lowest BCUT2D eigenvalue weighted by atomic mass is 10.0. The van der Waals surface area contributed by atoms with Gasteiger partial charge in [-0.2, -0.15) is 0 Å². The first-order valence-corrected chi connectivity index (χ1v) is 13.0. The third kappa shape index (κ3) is 5.81. The van der Waals surface area contributed by atoms with Crippen molar-refractivity contribution >= 4 is 32.4 Å². The summed E-state index contributed by atoms with van der Waals surface area (Å²) in [6, 6.07) is 17.9. The monoisotopic (exact) mass is 493 g/mol. The highest BCUT2D eigenvalue weighted by atomic mass is 32.2. The maximum atomic E-state index is 13.4. The molecule has 0 aliphatic rings. The fraction of sp³-hybridized carbons (Fsp3) is 0.231. The number of ether oxygens (including phenoxy) is 1. The van der Waals surface area contributed by atoms with E-state index in [1.807, 2.05) is 63.2 Å². The zero-order valence-corrected chi connectivity index (χ0v) is 20.8. The van der Waals surface area contributed by atoms with Crippen LogP contribution in [-0.4, -0.2) is 25.7 Å². The van der Waals surface area contributed by atoms with Gasteiger partial charge in [0.25, 0.3) is 5.91 Å². The van der Waals surface area contributed by atoms with Crippen molar-refractivity contribution in [3.8, 4) is 5.75 Å². The minimum absolute atomic E-state index is 0.217. The Hall–Kier alpha value is -3.85. The number of carbonyl (C=O) groups excluding carboxylic acids is 1. The quantitative estimate of drug-likeness (QED) is 0.362. The summed E-state index contributed by atoms with van der Waals surface area (Å²) in [5.41, 5.74) is 3.16. The van der Waals surface area contributed by atoms with Gasteiger partial charge in [-0.25, -0.2) is 8.42 Å². The second-order valence-electron chi connectivity index (χ2n) is 8.48. The van der Waals surface area contributed by atoms with Crippen LogP contribution in [0.3, 0.4) is 0 Å². The molecular weight excluding hydrogens is 466 g/mol. The third-order valence-corrected chi connectivity index (χ3v) is 6.29. The summed E-state index contributed by atoms with van der Waals surface area (Å²) >= 11 is 0. The summed E-state index contributed by atoms with van der Waals surface area (Å²) in [7, 11) is -3.41. The Morgan fingerprint density at radius 1 is 1.06 bits per heavy atom. The average Bonchev–Trinajstić information content (AvgIpc) is 3.13. The van der Waals surface area contributed by atoms with E-state index in [1.54, 1.807) is 18.2 Å². The van der Waals surface area contributed by atoms with Crippen LogP contribution in [0, 0.1) is 13.8 Å². The number of carbonyl (C=O) groups is 1. The first-order chi connectivity index (χ1) is 16.6. The van der Waals surface area contributed by atoms with Gasteiger partial charge >= 0.3 is 0 Å². The molecule has 0 fully saturated rings. The van der Waals surface area contributed by atoms with Crippen LogP contribution in [0.5, 0.6) is 5.75 Å². The number of amides is 1. The molecule has 1 aromatic heterocycles. The van der Waals surface area contributed by atoms with Crippen molar-refractivity contribution in [1.82, 2.24) is 10.5 Å². The number of hydrogen-bond donors (Lipinski definition) is 2. The molecule has 4 aromatic rings. The predicted octanol–water partition coefficient (Wildman–Crippen LogP) is 4.89. The van der Waals surface area contributed by atoms with Gasteiger partial charge in [0.1, 0.15) is 18.1 Å². The number of rotatable bonds is 8. The number of nitrogens with one attached hydrogen (secondary N) is 2. The highest BCUT2D eigenvalue weighted by molar-refractivity contribution is 7.92. The van der Waals surface area contributed by atoms with Crippen molar-refractivity contribution in [3.63, 3.8) is 0 Å².